The molecule has 1 aromatic carbocycles. The van der Waals surface area contributed by atoms with Gasteiger partial charge in [0.05, 0.1) is 7.11 Å². The fourth-order valence-electron chi connectivity index (χ4n) is 2.26. The number of carbonyl (C=O) groups excluding carboxylic acids is 1. The number of hydrogen-bond donors (Lipinski definition) is 1. The second-order valence-corrected chi connectivity index (χ2v) is 4.96. The third kappa shape index (κ3) is 3.24. The minimum absolute atomic E-state index is 0.130. The van der Waals surface area contributed by atoms with Crippen LogP contribution in [0.4, 0.5) is 5.69 Å². The highest BCUT2D eigenvalue weighted by Gasteiger charge is 2.29. The molecule has 1 saturated heterocycles. The lowest BCUT2D eigenvalue weighted by Crippen LogP contribution is -2.58. The van der Waals surface area contributed by atoms with Crippen molar-refractivity contribution < 1.29 is 9.53 Å². The number of ether oxygens (including phenoxy) is 1. The maximum absolute atomic E-state index is 12.4. The molecule has 1 amide bonds. The van der Waals surface area contributed by atoms with Gasteiger partial charge in [0.25, 0.3) is 0 Å². The molecule has 0 aliphatic carbocycles. The molecule has 1 N–H and O–H groups in total. The first kappa shape index (κ1) is 13.8. The van der Waals surface area contributed by atoms with Crippen molar-refractivity contribution in [2.45, 2.75) is 6.04 Å². The van der Waals surface area contributed by atoms with Crippen LogP contribution in [-0.2, 0) is 4.79 Å². The normalized spacial score (nSPS) is 19.9. The van der Waals surface area contributed by atoms with Gasteiger partial charge in [-0.25, -0.2) is 0 Å². The van der Waals surface area contributed by atoms with Crippen molar-refractivity contribution >= 4 is 11.6 Å². The molecule has 19 heavy (non-hydrogen) atoms. The summed E-state index contributed by atoms with van der Waals surface area (Å²) in [4.78, 5) is 16.3. The van der Waals surface area contributed by atoms with Crippen molar-refractivity contribution in [2.24, 2.45) is 0 Å². The second kappa shape index (κ2) is 6.04. The lowest BCUT2D eigenvalue weighted by Gasteiger charge is -2.34. The molecule has 0 radical (unpaired) electrons. The fourth-order valence-corrected chi connectivity index (χ4v) is 2.26. The number of rotatable bonds is 4. The van der Waals surface area contributed by atoms with Crippen molar-refractivity contribution in [3.8, 4) is 5.75 Å². The zero-order chi connectivity index (χ0) is 13.8. The summed E-state index contributed by atoms with van der Waals surface area (Å²) in [6.07, 6.45) is 0. The molecule has 2 rings (SSSR count). The Labute approximate surface area is 114 Å². The van der Waals surface area contributed by atoms with Gasteiger partial charge in [-0.15, -0.1) is 0 Å². The number of nitrogens with zero attached hydrogens (tertiary/aromatic N) is 2. The number of nitrogens with one attached hydrogen (secondary N) is 1. The number of anilines is 1. The number of methoxy groups -OCH3 is 1. The Morgan fingerprint density at radius 3 is 2.63 bits per heavy atom. The summed E-state index contributed by atoms with van der Waals surface area (Å²) >= 11 is 0. The van der Waals surface area contributed by atoms with Gasteiger partial charge in [-0.2, -0.15) is 0 Å². The Morgan fingerprint density at radius 2 is 2.05 bits per heavy atom. The van der Waals surface area contributed by atoms with Crippen molar-refractivity contribution in [2.75, 3.05) is 45.7 Å². The van der Waals surface area contributed by atoms with Gasteiger partial charge in [-0.3, -0.25) is 4.79 Å². The molecule has 0 spiro atoms. The van der Waals surface area contributed by atoms with E-state index in [0.29, 0.717) is 13.1 Å². The van der Waals surface area contributed by atoms with Crippen molar-refractivity contribution in [1.29, 1.82) is 0 Å². The predicted molar refractivity (Wildman–Crippen MR) is 75.7 cm³/mol. The summed E-state index contributed by atoms with van der Waals surface area (Å²) in [5.41, 5.74) is 0.927. The number of amides is 1. The van der Waals surface area contributed by atoms with Gasteiger partial charge < -0.3 is 19.9 Å². The molecule has 0 aromatic heterocycles. The van der Waals surface area contributed by atoms with E-state index in [1.165, 1.54) is 0 Å². The van der Waals surface area contributed by atoms with Gasteiger partial charge in [0.1, 0.15) is 11.8 Å². The van der Waals surface area contributed by atoms with E-state index in [2.05, 4.69) is 5.32 Å². The van der Waals surface area contributed by atoms with Crippen LogP contribution in [0, 0.1) is 0 Å². The zero-order valence-electron chi connectivity index (χ0n) is 11.7. The van der Waals surface area contributed by atoms with Crippen molar-refractivity contribution in [3.63, 3.8) is 0 Å². The Kier molecular flexibility index (Phi) is 4.39. The Balaban J connectivity index is 2.12. The van der Waals surface area contributed by atoms with E-state index < -0.39 is 0 Å². The van der Waals surface area contributed by atoms with E-state index >= 15 is 0 Å². The Morgan fingerprint density at radius 1 is 1.37 bits per heavy atom. The average molecular weight is 263 g/mol. The predicted octanol–water partition coefficient (Wildman–Crippen LogP) is 0.562. The lowest BCUT2D eigenvalue weighted by molar-refractivity contribution is -0.121. The van der Waals surface area contributed by atoms with Gasteiger partial charge in [-0.05, 0) is 38.4 Å². The van der Waals surface area contributed by atoms with E-state index in [4.69, 9.17) is 4.74 Å². The quantitative estimate of drug-likeness (QED) is 0.862. The van der Waals surface area contributed by atoms with Crippen LogP contribution in [0.2, 0.25) is 0 Å². The summed E-state index contributed by atoms with van der Waals surface area (Å²) in [6, 6.07) is 7.48. The van der Waals surface area contributed by atoms with Crippen LogP contribution in [0.5, 0.6) is 5.75 Å². The molecule has 1 fully saturated rings. The highest BCUT2D eigenvalue weighted by atomic mass is 16.5. The summed E-state index contributed by atoms with van der Waals surface area (Å²) in [5.74, 6) is 0.932. The second-order valence-electron chi connectivity index (χ2n) is 4.96. The minimum atomic E-state index is -0.133. The number of piperazine rings is 1. The van der Waals surface area contributed by atoms with Crippen LogP contribution < -0.4 is 15.0 Å². The maximum atomic E-state index is 12.4. The van der Waals surface area contributed by atoms with Gasteiger partial charge in [0, 0.05) is 25.3 Å². The molecular weight excluding hydrogens is 242 g/mol. The third-order valence-corrected chi connectivity index (χ3v) is 3.22. The average Bonchev–Trinajstić information content (AvgIpc) is 2.41. The van der Waals surface area contributed by atoms with Crippen LogP contribution >= 0.6 is 0 Å². The first-order valence-electron chi connectivity index (χ1n) is 6.45. The van der Waals surface area contributed by atoms with E-state index in [9.17, 15) is 4.79 Å². The molecule has 5 nitrogen and oxygen atoms in total. The van der Waals surface area contributed by atoms with Crippen LogP contribution in [0.25, 0.3) is 0 Å². The molecular formula is C14H21N3O2. The van der Waals surface area contributed by atoms with Crippen LogP contribution in [0.3, 0.4) is 0 Å². The first-order chi connectivity index (χ1) is 9.11. The highest BCUT2D eigenvalue weighted by Crippen LogP contribution is 2.21. The molecule has 1 unspecified atom stereocenters. The topological polar surface area (TPSA) is 44.8 Å². The monoisotopic (exact) mass is 263 g/mol. The van der Waals surface area contributed by atoms with Crippen LogP contribution in [0.1, 0.15) is 0 Å². The van der Waals surface area contributed by atoms with E-state index in [1.54, 1.807) is 7.11 Å². The SMILES string of the molecule is COc1ccc(N2CCNC(CN(C)C)C2=O)cc1. The summed E-state index contributed by atoms with van der Waals surface area (Å²) in [5, 5.41) is 3.26. The number of likely N-dealkylation sites (N-methyl/N-ethyl adjacent to an activating group) is 1. The smallest absolute Gasteiger partial charge is 0.245 e. The lowest BCUT2D eigenvalue weighted by atomic mass is 10.1. The van der Waals surface area contributed by atoms with Gasteiger partial charge in [0.2, 0.25) is 5.91 Å². The molecule has 104 valence electrons. The minimum Gasteiger partial charge on any atom is -0.497 e. The Hall–Kier alpha value is -1.59. The molecule has 1 heterocycles. The number of carbonyl (C=O) groups is 1. The van der Waals surface area contributed by atoms with Gasteiger partial charge in [0.15, 0.2) is 0 Å². The molecule has 1 atom stereocenters. The number of benzene rings is 1. The van der Waals surface area contributed by atoms with Crippen molar-refractivity contribution in [1.82, 2.24) is 10.2 Å². The molecule has 0 saturated carbocycles. The molecule has 1 aliphatic rings. The maximum Gasteiger partial charge on any atom is 0.245 e. The van der Waals surface area contributed by atoms with E-state index in [1.807, 2.05) is 48.2 Å². The van der Waals surface area contributed by atoms with E-state index in [0.717, 1.165) is 18.0 Å². The summed E-state index contributed by atoms with van der Waals surface area (Å²) in [6.45, 7) is 2.23. The van der Waals surface area contributed by atoms with E-state index in [-0.39, 0.29) is 11.9 Å². The van der Waals surface area contributed by atoms with Crippen LogP contribution in [0.15, 0.2) is 24.3 Å². The highest BCUT2D eigenvalue weighted by molar-refractivity contribution is 5.98. The largest absolute Gasteiger partial charge is 0.497 e. The molecule has 5 heteroatoms. The Bertz CT molecular complexity index is 431. The van der Waals surface area contributed by atoms with Crippen LogP contribution in [-0.4, -0.2) is 57.7 Å². The summed E-state index contributed by atoms with van der Waals surface area (Å²) in [7, 11) is 5.58. The third-order valence-electron chi connectivity index (χ3n) is 3.22. The fraction of sp³-hybridized carbons (Fsp3) is 0.500. The standard InChI is InChI=1S/C14H21N3O2/c1-16(2)10-13-14(18)17(9-8-15-13)11-4-6-12(19-3)7-5-11/h4-7,13,15H,8-10H2,1-3H3. The van der Waals surface area contributed by atoms with Crippen molar-refractivity contribution in [3.05, 3.63) is 24.3 Å². The zero-order valence-corrected chi connectivity index (χ0v) is 11.7. The molecule has 1 aliphatic heterocycles. The van der Waals surface area contributed by atoms with Gasteiger partial charge in [-0.1, -0.05) is 0 Å². The summed E-state index contributed by atoms with van der Waals surface area (Å²) < 4.78 is 5.13. The first-order valence-corrected chi connectivity index (χ1v) is 6.45. The molecule has 1 aromatic rings. The number of hydrogen-bond acceptors (Lipinski definition) is 4. The van der Waals surface area contributed by atoms with Gasteiger partial charge >= 0.3 is 0 Å². The molecule has 0 bridgehead atoms.